The van der Waals surface area contributed by atoms with Crippen molar-refractivity contribution in [3.63, 3.8) is 0 Å². The zero-order chi connectivity index (χ0) is 16.3. The van der Waals surface area contributed by atoms with Gasteiger partial charge in [0.2, 0.25) is 0 Å². The second-order valence-corrected chi connectivity index (χ2v) is 5.51. The van der Waals surface area contributed by atoms with Crippen molar-refractivity contribution in [1.82, 2.24) is 4.90 Å². The summed E-state index contributed by atoms with van der Waals surface area (Å²) in [4.78, 5) is 14.9. The number of nitrogens with one attached hydrogen (secondary N) is 1. The lowest BCUT2D eigenvalue weighted by Crippen LogP contribution is -2.53. The van der Waals surface area contributed by atoms with Crippen LogP contribution in [0.15, 0.2) is 54.6 Å². The van der Waals surface area contributed by atoms with Gasteiger partial charge in [0.1, 0.15) is 0 Å². The van der Waals surface area contributed by atoms with Crippen molar-refractivity contribution in [3.05, 3.63) is 65.7 Å². The number of hydrogen-bond donors (Lipinski definition) is 3. The highest BCUT2D eigenvalue weighted by atomic mass is 16.3. The Hall–Kier alpha value is -2.21. The zero-order valence-electron chi connectivity index (χ0n) is 12.8. The smallest absolute Gasteiger partial charge is 0.254 e. The van der Waals surface area contributed by atoms with E-state index >= 15 is 0 Å². The highest BCUT2D eigenvalue weighted by molar-refractivity contribution is 6.08. The van der Waals surface area contributed by atoms with Crippen molar-refractivity contribution in [2.45, 2.75) is 5.54 Å². The fourth-order valence-electron chi connectivity index (χ4n) is 3.39. The van der Waals surface area contributed by atoms with Crippen LogP contribution in [0.4, 0.5) is 5.69 Å². The molecular formula is C18H20N2O3. The second-order valence-electron chi connectivity index (χ2n) is 5.51. The van der Waals surface area contributed by atoms with E-state index in [1.165, 1.54) is 0 Å². The van der Waals surface area contributed by atoms with Gasteiger partial charge < -0.3 is 15.5 Å². The zero-order valence-corrected chi connectivity index (χ0v) is 12.8. The molecule has 0 spiro atoms. The molecule has 3 rings (SSSR count). The van der Waals surface area contributed by atoms with Gasteiger partial charge in [0.15, 0.2) is 5.54 Å². The number of carbonyl (C=O) groups is 1. The number of nitrogens with zero attached hydrogens (tertiary/aromatic N) is 1. The van der Waals surface area contributed by atoms with Crippen LogP contribution in [0.3, 0.4) is 0 Å². The monoisotopic (exact) mass is 312 g/mol. The quantitative estimate of drug-likeness (QED) is 0.749. The van der Waals surface area contributed by atoms with Gasteiger partial charge in [0.25, 0.3) is 5.91 Å². The number of amides is 1. The Labute approximate surface area is 135 Å². The Bertz CT molecular complexity index is 684. The molecule has 1 atom stereocenters. The van der Waals surface area contributed by atoms with Crippen LogP contribution in [0, 0.1) is 0 Å². The number of fused-ring (bicyclic) bond motifs is 1. The van der Waals surface area contributed by atoms with Crippen LogP contribution in [-0.4, -0.2) is 47.3 Å². The average molecular weight is 312 g/mol. The normalized spacial score (nSPS) is 19.7. The van der Waals surface area contributed by atoms with Crippen LogP contribution in [0.1, 0.15) is 11.1 Å². The third-order valence-electron chi connectivity index (χ3n) is 4.30. The maximum atomic E-state index is 13.0. The van der Waals surface area contributed by atoms with Gasteiger partial charge in [-0.05, 0) is 11.6 Å². The summed E-state index contributed by atoms with van der Waals surface area (Å²) in [5, 5.41) is 21.9. The molecule has 5 nitrogen and oxygen atoms in total. The van der Waals surface area contributed by atoms with E-state index in [0.717, 1.165) is 16.8 Å². The number of hydrogen-bond acceptors (Lipinski definition) is 4. The number of aliphatic hydroxyl groups is 2. The molecule has 1 aliphatic heterocycles. The molecule has 0 saturated heterocycles. The van der Waals surface area contributed by atoms with Gasteiger partial charge in [-0.15, -0.1) is 0 Å². The molecule has 0 aliphatic carbocycles. The number of rotatable bonds is 6. The fraction of sp³-hybridized carbons (Fsp3) is 0.278. The Balaban J connectivity index is 2.25. The lowest BCUT2D eigenvalue weighted by atomic mass is 9.82. The maximum Gasteiger partial charge on any atom is 0.254 e. The van der Waals surface area contributed by atoms with Crippen LogP contribution in [-0.2, 0) is 10.3 Å². The SMILES string of the molecule is O=C1Nc2ccccc2C1(c1ccccc1)N(CCO)CCO. The molecule has 0 radical (unpaired) electrons. The van der Waals surface area contributed by atoms with E-state index in [1.54, 1.807) is 0 Å². The fourth-order valence-corrected chi connectivity index (χ4v) is 3.39. The first kappa shape index (κ1) is 15.7. The van der Waals surface area contributed by atoms with Crippen molar-refractivity contribution >= 4 is 11.6 Å². The summed E-state index contributed by atoms with van der Waals surface area (Å²) in [6.45, 7) is 0.391. The Kier molecular flexibility index (Phi) is 4.43. The van der Waals surface area contributed by atoms with E-state index in [0.29, 0.717) is 0 Å². The van der Waals surface area contributed by atoms with Crippen molar-refractivity contribution in [2.24, 2.45) is 0 Å². The molecule has 2 aromatic carbocycles. The van der Waals surface area contributed by atoms with Crippen LogP contribution < -0.4 is 5.32 Å². The predicted octanol–water partition coefficient (Wildman–Crippen LogP) is 1.17. The molecule has 0 fully saturated rings. The molecule has 120 valence electrons. The molecule has 5 heteroatoms. The summed E-state index contributed by atoms with van der Waals surface area (Å²) in [6.07, 6.45) is 0. The molecule has 0 saturated carbocycles. The summed E-state index contributed by atoms with van der Waals surface area (Å²) in [5.74, 6) is -0.160. The first-order valence-corrected chi connectivity index (χ1v) is 7.68. The van der Waals surface area contributed by atoms with Gasteiger partial charge in [-0.2, -0.15) is 0 Å². The molecule has 3 N–H and O–H groups in total. The summed E-state index contributed by atoms with van der Waals surface area (Å²) in [7, 11) is 0. The van der Waals surface area contributed by atoms with E-state index in [2.05, 4.69) is 5.32 Å². The Morgan fingerprint density at radius 3 is 2.17 bits per heavy atom. The molecule has 2 aromatic rings. The predicted molar refractivity (Wildman–Crippen MR) is 88.0 cm³/mol. The summed E-state index contributed by atoms with van der Waals surface area (Å²) in [6, 6.07) is 17.1. The van der Waals surface area contributed by atoms with Crippen LogP contribution in [0.25, 0.3) is 0 Å². The Morgan fingerprint density at radius 1 is 0.913 bits per heavy atom. The van der Waals surface area contributed by atoms with Gasteiger partial charge in [0.05, 0.1) is 13.2 Å². The largest absolute Gasteiger partial charge is 0.395 e. The first-order valence-electron chi connectivity index (χ1n) is 7.68. The van der Waals surface area contributed by atoms with Crippen molar-refractivity contribution < 1.29 is 15.0 Å². The summed E-state index contributed by atoms with van der Waals surface area (Å²) < 4.78 is 0. The van der Waals surface area contributed by atoms with E-state index in [-0.39, 0.29) is 32.2 Å². The number of para-hydroxylation sites is 1. The molecule has 1 aliphatic rings. The van der Waals surface area contributed by atoms with E-state index in [1.807, 2.05) is 59.5 Å². The van der Waals surface area contributed by atoms with E-state index in [9.17, 15) is 15.0 Å². The molecular weight excluding hydrogens is 292 g/mol. The molecule has 23 heavy (non-hydrogen) atoms. The van der Waals surface area contributed by atoms with Crippen LogP contribution in [0.2, 0.25) is 0 Å². The molecule has 1 amide bonds. The highest BCUT2D eigenvalue weighted by Crippen LogP contribution is 2.45. The number of anilines is 1. The van der Waals surface area contributed by atoms with E-state index < -0.39 is 5.54 Å². The van der Waals surface area contributed by atoms with Gasteiger partial charge in [0, 0.05) is 24.3 Å². The van der Waals surface area contributed by atoms with Crippen molar-refractivity contribution in [3.8, 4) is 0 Å². The summed E-state index contributed by atoms with van der Waals surface area (Å²) in [5.41, 5.74) is 1.40. The summed E-state index contributed by atoms with van der Waals surface area (Å²) >= 11 is 0. The number of carbonyl (C=O) groups excluding carboxylic acids is 1. The average Bonchev–Trinajstić information content (AvgIpc) is 2.88. The van der Waals surface area contributed by atoms with Gasteiger partial charge in [-0.3, -0.25) is 9.69 Å². The number of benzene rings is 2. The Morgan fingerprint density at radius 2 is 1.52 bits per heavy atom. The maximum absolute atomic E-state index is 13.0. The third kappa shape index (κ3) is 2.43. The van der Waals surface area contributed by atoms with Crippen LogP contribution in [0.5, 0.6) is 0 Å². The van der Waals surface area contributed by atoms with Gasteiger partial charge >= 0.3 is 0 Å². The molecule has 0 aromatic heterocycles. The lowest BCUT2D eigenvalue weighted by molar-refractivity contribution is -0.126. The minimum absolute atomic E-state index is 0.0932. The first-order chi connectivity index (χ1) is 11.2. The molecule has 1 unspecified atom stereocenters. The van der Waals surface area contributed by atoms with Gasteiger partial charge in [-0.1, -0.05) is 48.5 Å². The minimum Gasteiger partial charge on any atom is -0.395 e. The van der Waals surface area contributed by atoms with Crippen molar-refractivity contribution in [1.29, 1.82) is 0 Å². The minimum atomic E-state index is -1.04. The van der Waals surface area contributed by atoms with Crippen LogP contribution >= 0.6 is 0 Å². The highest BCUT2D eigenvalue weighted by Gasteiger charge is 2.52. The van der Waals surface area contributed by atoms with Gasteiger partial charge in [-0.25, -0.2) is 0 Å². The standard InChI is InChI=1S/C18H20N2O3/c21-12-10-20(11-13-22)18(14-6-2-1-3-7-14)15-8-4-5-9-16(15)19-17(18)23/h1-9,21-22H,10-13H2,(H,19,23). The van der Waals surface area contributed by atoms with E-state index in [4.69, 9.17) is 0 Å². The third-order valence-corrected chi connectivity index (χ3v) is 4.30. The van der Waals surface area contributed by atoms with Crippen molar-refractivity contribution in [2.75, 3.05) is 31.6 Å². The lowest BCUT2D eigenvalue weighted by Gasteiger charge is -2.39. The number of aliphatic hydroxyl groups excluding tert-OH is 2. The second kappa shape index (κ2) is 6.50. The topological polar surface area (TPSA) is 72.8 Å². The molecule has 1 heterocycles. The molecule has 0 bridgehead atoms.